The first-order chi connectivity index (χ1) is 2.91. The average Bonchev–Trinajstić information content (AvgIpc) is 1.72. The van der Waals surface area contributed by atoms with Crippen LogP contribution in [0.15, 0.2) is 0 Å². The maximum atomic E-state index is 7.00. The van der Waals surface area contributed by atoms with Gasteiger partial charge in [0.25, 0.3) is 0 Å². The first kappa shape index (κ1) is 9.46. The standard InChI is InChI=1S/C2H8OSi.CH4O/c1-2-3-4;1-2/h2H2,1,4H3;2H,1H3. The molecule has 0 aromatic heterocycles. The number of aliphatic hydroxyl groups excluding tert-OH is 1. The summed E-state index contributed by atoms with van der Waals surface area (Å²) in [5.41, 5.74) is 0. The number of hydrogen-bond donors (Lipinski definition) is 1. The van der Waals surface area contributed by atoms with Gasteiger partial charge in [-0.1, -0.05) is 0 Å². The van der Waals surface area contributed by atoms with Crippen molar-refractivity contribution in [2.45, 2.75) is 6.92 Å². The second-order valence-corrected chi connectivity index (χ2v) is 1.15. The predicted molar refractivity (Wildman–Crippen MR) is 29.7 cm³/mol. The van der Waals surface area contributed by atoms with Gasteiger partial charge in [-0.15, -0.1) is 0 Å². The van der Waals surface area contributed by atoms with Gasteiger partial charge in [-0.25, -0.2) is 0 Å². The molecule has 0 saturated carbocycles. The molecule has 3 heteroatoms. The first-order valence-corrected chi connectivity index (χ1v) is 2.67. The predicted octanol–water partition coefficient (Wildman–Crippen LogP) is -1.09. The molecule has 6 heavy (non-hydrogen) atoms. The summed E-state index contributed by atoms with van der Waals surface area (Å²) < 4.78 is 4.68. The van der Waals surface area contributed by atoms with E-state index >= 15 is 0 Å². The molecule has 0 bridgehead atoms. The van der Waals surface area contributed by atoms with Crippen LogP contribution in [0, 0.1) is 0 Å². The van der Waals surface area contributed by atoms with Gasteiger partial charge in [-0.3, -0.25) is 0 Å². The molecule has 0 aliphatic heterocycles. The lowest BCUT2D eigenvalue weighted by molar-refractivity contribution is 0.375. The van der Waals surface area contributed by atoms with Gasteiger partial charge < -0.3 is 9.53 Å². The average molecular weight is 108 g/mol. The van der Waals surface area contributed by atoms with Crippen molar-refractivity contribution in [3.63, 3.8) is 0 Å². The fourth-order valence-electron chi connectivity index (χ4n) is 0. The molecule has 0 aliphatic carbocycles. The van der Waals surface area contributed by atoms with Crippen molar-refractivity contribution >= 4 is 10.5 Å². The van der Waals surface area contributed by atoms with Crippen LogP contribution in [0.25, 0.3) is 0 Å². The zero-order valence-electron chi connectivity index (χ0n) is 4.56. The topological polar surface area (TPSA) is 29.5 Å². The maximum Gasteiger partial charge on any atom is 0.145 e. The second kappa shape index (κ2) is 19.3. The summed E-state index contributed by atoms with van der Waals surface area (Å²) in [5.74, 6) is 0. The maximum absolute atomic E-state index is 7.00. The van der Waals surface area contributed by atoms with Crippen LogP contribution in [0.3, 0.4) is 0 Å². The van der Waals surface area contributed by atoms with Crippen LogP contribution in [-0.4, -0.2) is 29.3 Å². The van der Waals surface area contributed by atoms with E-state index < -0.39 is 0 Å². The lowest BCUT2D eigenvalue weighted by Crippen LogP contribution is -1.76. The van der Waals surface area contributed by atoms with Crippen LogP contribution < -0.4 is 0 Å². The molecule has 0 aliphatic rings. The highest BCUT2D eigenvalue weighted by Gasteiger charge is 1.51. The molecule has 0 radical (unpaired) electrons. The molecule has 0 amide bonds. The highest BCUT2D eigenvalue weighted by Crippen LogP contribution is 1.50. The third kappa shape index (κ3) is 31.5. The van der Waals surface area contributed by atoms with Crippen molar-refractivity contribution in [2.75, 3.05) is 13.7 Å². The summed E-state index contributed by atoms with van der Waals surface area (Å²) in [5, 5.41) is 7.00. The Hall–Kier alpha value is 0.137. The van der Waals surface area contributed by atoms with Crippen LogP contribution >= 0.6 is 0 Å². The fourth-order valence-corrected chi connectivity index (χ4v) is 0. The van der Waals surface area contributed by atoms with E-state index in [9.17, 15) is 0 Å². The van der Waals surface area contributed by atoms with Crippen molar-refractivity contribution in [1.82, 2.24) is 0 Å². The largest absolute Gasteiger partial charge is 0.428 e. The number of hydrogen-bond acceptors (Lipinski definition) is 2. The van der Waals surface area contributed by atoms with E-state index in [1.807, 2.05) is 6.92 Å². The van der Waals surface area contributed by atoms with Crippen molar-refractivity contribution in [3.05, 3.63) is 0 Å². The normalized spacial score (nSPS) is 6.50. The SMILES string of the molecule is CCO[SiH3].CO. The van der Waals surface area contributed by atoms with Crippen molar-refractivity contribution in [3.8, 4) is 0 Å². The lowest BCUT2D eigenvalue weighted by Gasteiger charge is -1.77. The minimum atomic E-state index is 0.881. The lowest BCUT2D eigenvalue weighted by atomic mass is 10.9. The number of aliphatic hydroxyl groups is 1. The summed E-state index contributed by atoms with van der Waals surface area (Å²) in [6.07, 6.45) is 0. The third-order valence-corrected chi connectivity index (χ3v) is 0.866. The van der Waals surface area contributed by atoms with Crippen LogP contribution in [-0.2, 0) is 4.43 Å². The molecule has 40 valence electrons. The summed E-state index contributed by atoms with van der Waals surface area (Å²) in [4.78, 5) is 0. The Bertz CT molecular complexity index is 10.8. The van der Waals surface area contributed by atoms with Crippen molar-refractivity contribution in [2.24, 2.45) is 0 Å². The summed E-state index contributed by atoms with van der Waals surface area (Å²) in [6, 6.07) is 0. The van der Waals surface area contributed by atoms with Gasteiger partial charge in [-0.2, -0.15) is 0 Å². The molecule has 0 unspecified atom stereocenters. The third-order valence-electron chi connectivity index (χ3n) is 0.289. The summed E-state index contributed by atoms with van der Waals surface area (Å²) in [6.45, 7) is 2.87. The van der Waals surface area contributed by atoms with Crippen LogP contribution in [0.4, 0.5) is 0 Å². The van der Waals surface area contributed by atoms with Crippen molar-refractivity contribution < 1.29 is 9.53 Å². The molecular weight excluding hydrogens is 96.1 g/mol. The zero-order valence-corrected chi connectivity index (χ0v) is 6.56. The van der Waals surface area contributed by atoms with E-state index in [1.165, 1.54) is 0 Å². The monoisotopic (exact) mass is 108 g/mol. The van der Waals surface area contributed by atoms with E-state index in [4.69, 9.17) is 5.11 Å². The Balaban J connectivity index is 0. The molecule has 0 spiro atoms. The van der Waals surface area contributed by atoms with Gasteiger partial charge in [0.2, 0.25) is 0 Å². The van der Waals surface area contributed by atoms with E-state index in [2.05, 4.69) is 4.43 Å². The van der Waals surface area contributed by atoms with Gasteiger partial charge in [-0.05, 0) is 6.92 Å². The Morgan fingerprint density at radius 3 is 1.83 bits per heavy atom. The molecule has 0 aromatic carbocycles. The van der Waals surface area contributed by atoms with Gasteiger partial charge in [0, 0.05) is 13.7 Å². The van der Waals surface area contributed by atoms with E-state index in [0.717, 1.165) is 24.2 Å². The van der Waals surface area contributed by atoms with E-state index in [0.29, 0.717) is 0 Å². The fraction of sp³-hybridized carbons (Fsp3) is 1.00. The van der Waals surface area contributed by atoms with Crippen LogP contribution in [0.1, 0.15) is 6.92 Å². The van der Waals surface area contributed by atoms with Gasteiger partial charge in [0.05, 0.1) is 0 Å². The molecule has 2 nitrogen and oxygen atoms in total. The Morgan fingerprint density at radius 2 is 1.83 bits per heavy atom. The highest BCUT2D eigenvalue weighted by atomic mass is 28.2. The molecule has 0 saturated heterocycles. The van der Waals surface area contributed by atoms with Crippen LogP contribution in [0.2, 0.25) is 0 Å². The quantitative estimate of drug-likeness (QED) is 0.433. The smallest absolute Gasteiger partial charge is 0.145 e. The Morgan fingerprint density at radius 1 is 1.67 bits per heavy atom. The highest BCUT2D eigenvalue weighted by molar-refractivity contribution is 5.97. The van der Waals surface area contributed by atoms with Crippen LogP contribution in [0.5, 0.6) is 0 Å². The minimum absolute atomic E-state index is 0.881. The van der Waals surface area contributed by atoms with Crippen molar-refractivity contribution in [1.29, 1.82) is 0 Å². The minimum Gasteiger partial charge on any atom is -0.428 e. The second-order valence-electron chi connectivity index (χ2n) is 0.577. The molecule has 1 N–H and O–H groups in total. The summed E-state index contributed by atoms with van der Waals surface area (Å²) in [7, 11) is 1.89. The molecule has 0 aromatic rings. The molecule has 0 atom stereocenters. The van der Waals surface area contributed by atoms with Gasteiger partial charge in [0.15, 0.2) is 0 Å². The summed E-state index contributed by atoms with van der Waals surface area (Å²) >= 11 is 0. The number of rotatable bonds is 1. The van der Waals surface area contributed by atoms with Gasteiger partial charge >= 0.3 is 0 Å². The molecule has 0 fully saturated rings. The first-order valence-electron chi connectivity index (χ1n) is 1.85. The van der Waals surface area contributed by atoms with E-state index in [-0.39, 0.29) is 0 Å². The molecular formula is C3H12O2Si. The Kier molecular flexibility index (Phi) is 30.4. The zero-order chi connectivity index (χ0) is 5.41. The molecule has 0 heterocycles. The van der Waals surface area contributed by atoms with E-state index in [1.54, 1.807) is 0 Å². The molecule has 0 rings (SSSR count). The van der Waals surface area contributed by atoms with Gasteiger partial charge in [0.1, 0.15) is 10.5 Å². The Labute approximate surface area is 41.7 Å².